The number of aromatic nitrogens is 1. The van der Waals surface area contributed by atoms with Crippen LogP contribution in [-0.4, -0.2) is 16.0 Å². The van der Waals surface area contributed by atoms with Crippen molar-refractivity contribution >= 4 is 118 Å². The van der Waals surface area contributed by atoms with Crippen molar-refractivity contribution in [3.63, 3.8) is 0 Å². The first-order chi connectivity index (χ1) is 15.9. The summed E-state index contributed by atoms with van der Waals surface area (Å²) in [5.41, 5.74) is 2.61. The van der Waals surface area contributed by atoms with Gasteiger partial charge in [-0.25, -0.2) is 4.98 Å². The number of thiocarbonyl (C=S) groups is 1. The van der Waals surface area contributed by atoms with Gasteiger partial charge in [0, 0.05) is 24.2 Å². The van der Waals surface area contributed by atoms with Crippen LogP contribution in [0.15, 0.2) is 60.7 Å². The summed E-state index contributed by atoms with van der Waals surface area (Å²) in [6.07, 6.45) is 0. The Balaban J connectivity index is 1.40. The third kappa shape index (κ3) is 4.73. The van der Waals surface area contributed by atoms with E-state index in [0.29, 0.717) is 14.9 Å². The molecule has 33 heavy (non-hydrogen) atoms. The summed E-state index contributed by atoms with van der Waals surface area (Å²) in [6.45, 7) is 0. The molecule has 1 amide bonds. The summed E-state index contributed by atoms with van der Waals surface area (Å²) in [7, 11) is 0. The number of nitrogens with one attached hydrogen (secondary N) is 2. The Morgan fingerprint density at radius 1 is 1.00 bits per heavy atom. The number of carbonyl (C=O) groups is 1. The monoisotopic (exact) mass is 639 g/mol. The minimum Gasteiger partial charge on any atom is -0.332 e. The predicted octanol–water partition coefficient (Wildman–Crippen LogP) is 8.22. The number of hydrogen-bond donors (Lipinski definition) is 2. The van der Waals surface area contributed by atoms with E-state index in [9.17, 15) is 4.79 Å². The molecule has 2 aromatic heterocycles. The first kappa shape index (κ1) is 22.9. The van der Waals surface area contributed by atoms with Crippen LogP contribution in [0.4, 0.5) is 5.69 Å². The summed E-state index contributed by atoms with van der Waals surface area (Å²) < 4.78 is 3.01. The third-order valence-corrected chi connectivity index (χ3v) is 8.61. The average molecular weight is 640 g/mol. The molecule has 0 unspecified atom stereocenters. The standard InChI is InChI=1S/C23H12Cl2IN3OS3/c24-11-5-7-13-18(9-11)32-20(19(13)25)21(30)29-23(31)28-15-8-6-12(26)10-14(15)22-27-16-3-1-2-4-17(16)33-22/h1-10H,(H2,28,29,30,31). The lowest BCUT2D eigenvalue weighted by molar-refractivity contribution is 0.0982. The number of amides is 1. The van der Waals surface area contributed by atoms with Gasteiger partial charge in [0.05, 0.1) is 20.9 Å². The second kappa shape index (κ2) is 9.44. The van der Waals surface area contributed by atoms with Gasteiger partial charge in [-0.15, -0.1) is 22.7 Å². The van der Waals surface area contributed by atoms with Crippen LogP contribution >= 0.6 is 80.7 Å². The zero-order valence-corrected chi connectivity index (χ0v) is 22.6. The Hall–Kier alpha value is -1.82. The smallest absolute Gasteiger partial charge is 0.269 e. The largest absolute Gasteiger partial charge is 0.332 e. The molecule has 5 aromatic rings. The molecule has 164 valence electrons. The minimum atomic E-state index is -0.373. The highest BCUT2D eigenvalue weighted by molar-refractivity contribution is 14.1. The van der Waals surface area contributed by atoms with E-state index in [1.807, 2.05) is 42.5 Å². The van der Waals surface area contributed by atoms with E-state index >= 15 is 0 Å². The fraction of sp³-hybridized carbons (Fsp3) is 0. The summed E-state index contributed by atoms with van der Waals surface area (Å²) in [6, 6.07) is 19.3. The van der Waals surface area contributed by atoms with Gasteiger partial charge in [-0.3, -0.25) is 10.1 Å². The molecule has 0 aliphatic carbocycles. The molecular weight excluding hydrogens is 628 g/mol. The maximum atomic E-state index is 12.9. The highest BCUT2D eigenvalue weighted by Crippen LogP contribution is 2.37. The highest BCUT2D eigenvalue weighted by Gasteiger charge is 2.19. The normalized spacial score (nSPS) is 11.1. The van der Waals surface area contributed by atoms with Crippen molar-refractivity contribution in [1.29, 1.82) is 0 Å². The number of thiophene rings is 1. The summed E-state index contributed by atoms with van der Waals surface area (Å²) >= 11 is 23.1. The Morgan fingerprint density at radius 3 is 2.64 bits per heavy atom. The van der Waals surface area contributed by atoms with Crippen LogP contribution < -0.4 is 10.6 Å². The van der Waals surface area contributed by atoms with E-state index in [1.54, 1.807) is 29.5 Å². The molecule has 2 N–H and O–H groups in total. The maximum absolute atomic E-state index is 12.9. The topological polar surface area (TPSA) is 54.0 Å². The number of nitrogens with zero attached hydrogens (tertiary/aromatic N) is 1. The van der Waals surface area contributed by atoms with Crippen LogP contribution in [0.3, 0.4) is 0 Å². The Morgan fingerprint density at radius 2 is 1.82 bits per heavy atom. The van der Waals surface area contributed by atoms with Gasteiger partial charge >= 0.3 is 0 Å². The molecule has 0 saturated heterocycles. The van der Waals surface area contributed by atoms with Crippen LogP contribution in [0.5, 0.6) is 0 Å². The van der Waals surface area contributed by atoms with Crippen molar-refractivity contribution < 1.29 is 4.79 Å². The van der Waals surface area contributed by atoms with Crippen LogP contribution in [0.25, 0.3) is 30.9 Å². The number of anilines is 1. The van der Waals surface area contributed by atoms with Gasteiger partial charge in [-0.05, 0) is 77.3 Å². The summed E-state index contributed by atoms with van der Waals surface area (Å²) in [5, 5.41) is 8.69. The number of thiazole rings is 1. The minimum absolute atomic E-state index is 0.176. The first-order valence-corrected chi connectivity index (χ1v) is 13.4. The fourth-order valence-electron chi connectivity index (χ4n) is 3.29. The van der Waals surface area contributed by atoms with Crippen molar-refractivity contribution in [1.82, 2.24) is 10.3 Å². The van der Waals surface area contributed by atoms with Gasteiger partial charge in [0.15, 0.2) is 5.11 Å². The quantitative estimate of drug-likeness (QED) is 0.154. The lowest BCUT2D eigenvalue weighted by Crippen LogP contribution is -2.33. The van der Waals surface area contributed by atoms with E-state index in [2.05, 4.69) is 33.2 Å². The summed E-state index contributed by atoms with van der Waals surface area (Å²) in [5.74, 6) is -0.373. The van der Waals surface area contributed by atoms with Crippen molar-refractivity contribution in [2.24, 2.45) is 0 Å². The molecule has 0 bridgehead atoms. The zero-order valence-electron chi connectivity index (χ0n) is 16.5. The van der Waals surface area contributed by atoms with Crippen molar-refractivity contribution in [2.45, 2.75) is 0 Å². The molecule has 0 spiro atoms. The average Bonchev–Trinajstić information content (AvgIpc) is 3.36. The van der Waals surface area contributed by atoms with E-state index in [0.717, 1.165) is 40.1 Å². The van der Waals surface area contributed by atoms with Gasteiger partial charge in [0.2, 0.25) is 0 Å². The Kier molecular flexibility index (Phi) is 6.56. The molecule has 0 aliphatic rings. The molecule has 3 aromatic carbocycles. The van der Waals surface area contributed by atoms with Gasteiger partial charge in [0.1, 0.15) is 9.88 Å². The number of hydrogen-bond acceptors (Lipinski definition) is 5. The van der Waals surface area contributed by atoms with E-state index in [4.69, 9.17) is 40.4 Å². The highest BCUT2D eigenvalue weighted by atomic mass is 127. The molecular formula is C23H12Cl2IN3OS3. The lowest BCUT2D eigenvalue weighted by Gasteiger charge is -2.12. The number of benzene rings is 3. The molecule has 5 rings (SSSR count). The van der Waals surface area contributed by atoms with Gasteiger partial charge < -0.3 is 5.32 Å². The second-order valence-electron chi connectivity index (χ2n) is 6.97. The van der Waals surface area contributed by atoms with Gasteiger partial charge in [-0.2, -0.15) is 0 Å². The van der Waals surface area contributed by atoms with Crippen LogP contribution in [-0.2, 0) is 0 Å². The number of fused-ring (bicyclic) bond motifs is 2. The van der Waals surface area contributed by atoms with Crippen LogP contribution in [0.2, 0.25) is 10.0 Å². The third-order valence-electron chi connectivity index (χ3n) is 4.78. The van der Waals surface area contributed by atoms with Crippen molar-refractivity contribution in [3.8, 4) is 10.6 Å². The molecule has 0 aliphatic heterocycles. The number of halogens is 3. The van der Waals surface area contributed by atoms with E-state index < -0.39 is 0 Å². The van der Waals surface area contributed by atoms with E-state index in [1.165, 1.54) is 11.3 Å². The van der Waals surface area contributed by atoms with Gasteiger partial charge in [0.25, 0.3) is 5.91 Å². The summed E-state index contributed by atoms with van der Waals surface area (Å²) in [4.78, 5) is 18.0. The molecule has 4 nitrogen and oxygen atoms in total. The zero-order chi connectivity index (χ0) is 23.1. The first-order valence-electron chi connectivity index (χ1n) is 9.54. The number of carbonyl (C=O) groups excluding carboxylic acids is 1. The Bertz CT molecular complexity index is 1530. The lowest BCUT2D eigenvalue weighted by atomic mass is 10.2. The molecule has 0 fully saturated rings. The molecule has 0 atom stereocenters. The van der Waals surface area contributed by atoms with Crippen LogP contribution in [0.1, 0.15) is 9.67 Å². The van der Waals surface area contributed by atoms with Crippen LogP contribution in [0, 0.1) is 3.57 Å². The number of para-hydroxylation sites is 1. The van der Waals surface area contributed by atoms with Gasteiger partial charge in [-0.1, -0.05) is 41.4 Å². The maximum Gasteiger partial charge on any atom is 0.269 e. The molecule has 2 heterocycles. The SMILES string of the molecule is O=C(NC(=S)Nc1ccc(I)cc1-c1nc2ccccc2s1)c1sc2cc(Cl)ccc2c1Cl. The predicted molar refractivity (Wildman–Crippen MR) is 153 cm³/mol. The van der Waals surface area contributed by atoms with Crippen molar-refractivity contribution in [3.05, 3.63) is 79.2 Å². The fourth-order valence-corrected chi connectivity index (χ4v) is 6.67. The number of rotatable bonds is 3. The Labute approximate surface area is 226 Å². The van der Waals surface area contributed by atoms with Crippen molar-refractivity contribution in [2.75, 3.05) is 5.32 Å². The molecule has 0 radical (unpaired) electrons. The molecule has 0 saturated carbocycles. The van der Waals surface area contributed by atoms with E-state index in [-0.39, 0.29) is 11.0 Å². The molecule has 10 heteroatoms. The second-order valence-corrected chi connectivity index (χ2v) is 11.5.